The number of imidazole rings is 1. The molecule has 0 spiro atoms. The van der Waals surface area contributed by atoms with Gasteiger partial charge < -0.3 is 4.40 Å². The van der Waals surface area contributed by atoms with E-state index in [0.29, 0.717) is 0 Å². The number of rotatable bonds is 1. The molecule has 0 bridgehead atoms. The molecule has 2 aromatic heterocycles. The quantitative estimate of drug-likeness (QED) is 0.709. The second-order valence-electron chi connectivity index (χ2n) is 3.11. The monoisotopic (exact) mass is 204 g/mol. The van der Waals surface area contributed by atoms with Gasteiger partial charge >= 0.3 is 6.15 Å². The van der Waals surface area contributed by atoms with Crippen LogP contribution in [0.4, 0.5) is 0 Å². The van der Waals surface area contributed by atoms with E-state index in [1.165, 1.54) is 11.1 Å². The molecule has 2 aromatic rings. The van der Waals surface area contributed by atoms with Gasteiger partial charge in [0.1, 0.15) is 5.82 Å². The van der Waals surface area contributed by atoms with Crippen molar-refractivity contribution >= 4 is 11.7 Å². The van der Waals surface area contributed by atoms with Crippen molar-refractivity contribution in [3.63, 3.8) is 0 Å². The summed E-state index contributed by atoms with van der Waals surface area (Å²) in [7, 11) is 0. The highest BCUT2D eigenvalue weighted by molar-refractivity contribution is 5.46. The van der Waals surface area contributed by atoms with Gasteiger partial charge in [0, 0.05) is 12.6 Å². The molecule has 4 heteroatoms. The van der Waals surface area contributed by atoms with Crippen molar-refractivity contribution < 1.29 is 9.59 Å². The van der Waals surface area contributed by atoms with Gasteiger partial charge in [0.05, 0.1) is 11.7 Å². The maximum absolute atomic E-state index is 8.12. The second-order valence-corrected chi connectivity index (χ2v) is 3.11. The molecule has 78 valence electrons. The summed E-state index contributed by atoms with van der Waals surface area (Å²) in [4.78, 5) is 20.6. The zero-order valence-corrected chi connectivity index (χ0v) is 8.73. The molecular weight excluding hydrogens is 192 g/mol. The summed E-state index contributed by atoms with van der Waals surface area (Å²) in [6.45, 7) is 4.22. The lowest BCUT2D eigenvalue weighted by Gasteiger charge is -1.98. The normalized spacial score (nSPS) is 9.20. The Hall–Kier alpha value is -1.93. The number of carbonyl (C=O) groups excluding carboxylic acids is 2. The van der Waals surface area contributed by atoms with E-state index in [9.17, 15) is 0 Å². The summed E-state index contributed by atoms with van der Waals surface area (Å²) in [6.07, 6.45) is 5.27. The summed E-state index contributed by atoms with van der Waals surface area (Å²) in [5, 5.41) is 0. The Kier molecular flexibility index (Phi) is 3.77. The highest BCUT2D eigenvalue weighted by atomic mass is 16.2. The summed E-state index contributed by atoms with van der Waals surface area (Å²) < 4.78 is 2.15. The maximum atomic E-state index is 8.12. The average molecular weight is 204 g/mol. The molecule has 0 aliphatic rings. The minimum absolute atomic E-state index is 0.250. The summed E-state index contributed by atoms with van der Waals surface area (Å²) in [6, 6.07) is 4.21. The van der Waals surface area contributed by atoms with Crippen LogP contribution in [0.1, 0.15) is 18.3 Å². The number of aromatic nitrogens is 2. The molecule has 2 rings (SSSR count). The molecule has 0 aliphatic heterocycles. The standard InChI is InChI=1S/C10H12N2.CO2/c1-3-10-11-6-9-5-4-8(2)7-12(9)10;2-1-3/h4-7H,3H2,1-2H3;. The van der Waals surface area contributed by atoms with Gasteiger partial charge in [-0.15, -0.1) is 0 Å². The SMILES string of the molecule is CCc1ncc2ccc(C)cn12.O=C=O. The van der Waals surface area contributed by atoms with Gasteiger partial charge in [0.15, 0.2) is 0 Å². The Labute approximate surface area is 87.6 Å². The highest BCUT2D eigenvalue weighted by Gasteiger charge is 1.99. The molecule has 0 unspecified atom stereocenters. The lowest BCUT2D eigenvalue weighted by molar-refractivity contribution is -0.191. The molecule has 0 saturated carbocycles. The zero-order chi connectivity index (χ0) is 11.3. The molecule has 0 fully saturated rings. The summed E-state index contributed by atoms with van der Waals surface area (Å²) in [5.74, 6) is 1.13. The van der Waals surface area contributed by atoms with E-state index >= 15 is 0 Å². The van der Waals surface area contributed by atoms with Crippen molar-refractivity contribution in [3.8, 4) is 0 Å². The Bertz CT molecular complexity index is 482. The predicted octanol–water partition coefficient (Wildman–Crippen LogP) is 1.62. The van der Waals surface area contributed by atoms with Crippen molar-refractivity contribution in [2.45, 2.75) is 20.3 Å². The Morgan fingerprint density at radius 1 is 1.40 bits per heavy atom. The molecule has 0 amide bonds. The molecule has 0 atom stereocenters. The fraction of sp³-hybridized carbons (Fsp3) is 0.273. The molecule has 0 aromatic carbocycles. The van der Waals surface area contributed by atoms with Crippen LogP contribution in [0.5, 0.6) is 0 Å². The minimum Gasteiger partial charge on any atom is -0.303 e. The molecular formula is C11H12N2O2. The van der Waals surface area contributed by atoms with E-state index in [-0.39, 0.29) is 6.15 Å². The van der Waals surface area contributed by atoms with Gasteiger partial charge in [-0.05, 0) is 18.6 Å². The van der Waals surface area contributed by atoms with Crippen LogP contribution in [0.2, 0.25) is 0 Å². The molecule has 2 heterocycles. The zero-order valence-electron chi connectivity index (χ0n) is 8.73. The summed E-state index contributed by atoms with van der Waals surface area (Å²) >= 11 is 0. The second kappa shape index (κ2) is 5.08. The number of aryl methyl sites for hydroxylation is 2. The first kappa shape index (κ1) is 11.1. The van der Waals surface area contributed by atoms with Crippen LogP contribution in [0.25, 0.3) is 5.52 Å². The van der Waals surface area contributed by atoms with Crippen molar-refractivity contribution in [2.75, 3.05) is 0 Å². The van der Waals surface area contributed by atoms with Crippen molar-refractivity contribution in [1.82, 2.24) is 9.38 Å². The fourth-order valence-corrected chi connectivity index (χ4v) is 1.41. The van der Waals surface area contributed by atoms with E-state index < -0.39 is 0 Å². The predicted molar refractivity (Wildman–Crippen MR) is 54.3 cm³/mol. The third kappa shape index (κ3) is 2.51. The maximum Gasteiger partial charge on any atom is 0.373 e. The van der Waals surface area contributed by atoms with Gasteiger partial charge in [0.2, 0.25) is 0 Å². The van der Waals surface area contributed by atoms with Crippen molar-refractivity contribution in [2.24, 2.45) is 0 Å². The van der Waals surface area contributed by atoms with Crippen molar-refractivity contribution in [1.29, 1.82) is 0 Å². The van der Waals surface area contributed by atoms with Crippen LogP contribution >= 0.6 is 0 Å². The molecule has 15 heavy (non-hydrogen) atoms. The third-order valence-corrected chi connectivity index (χ3v) is 2.07. The molecule has 0 saturated heterocycles. The van der Waals surface area contributed by atoms with Crippen LogP contribution in [0, 0.1) is 6.92 Å². The minimum atomic E-state index is 0.250. The van der Waals surface area contributed by atoms with Crippen LogP contribution in [0.15, 0.2) is 24.5 Å². The van der Waals surface area contributed by atoms with Gasteiger partial charge in [-0.25, -0.2) is 4.98 Å². The van der Waals surface area contributed by atoms with Crippen LogP contribution in [-0.2, 0) is 16.0 Å². The first-order chi connectivity index (χ1) is 7.22. The largest absolute Gasteiger partial charge is 0.373 e. The van der Waals surface area contributed by atoms with E-state index in [4.69, 9.17) is 9.59 Å². The van der Waals surface area contributed by atoms with Crippen LogP contribution in [0.3, 0.4) is 0 Å². The molecule has 0 radical (unpaired) electrons. The average Bonchev–Trinajstić information content (AvgIpc) is 2.61. The van der Waals surface area contributed by atoms with Gasteiger partial charge in [-0.2, -0.15) is 9.59 Å². The topological polar surface area (TPSA) is 51.4 Å². The van der Waals surface area contributed by atoms with Crippen molar-refractivity contribution in [3.05, 3.63) is 35.9 Å². The molecule has 0 N–H and O–H groups in total. The Morgan fingerprint density at radius 3 is 2.67 bits per heavy atom. The first-order valence-electron chi connectivity index (χ1n) is 4.64. The number of hydrogen-bond donors (Lipinski definition) is 0. The number of fused-ring (bicyclic) bond motifs is 1. The number of hydrogen-bond acceptors (Lipinski definition) is 3. The lowest BCUT2D eigenvalue weighted by atomic mass is 10.3. The molecule has 4 nitrogen and oxygen atoms in total. The first-order valence-corrected chi connectivity index (χ1v) is 4.64. The van der Waals surface area contributed by atoms with Crippen LogP contribution in [-0.4, -0.2) is 15.5 Å². The third-order valence-electron chi connectivity index (χ3n) is 2.07. The van der Waals surface area contributed by atoms with Gasteiger partial charge in [-0.1, -0.05) is 13.0 Å². The van der Waals surface area contributed by atoms with E-state index in [2.05, 4.69) is 41.6 Å². The van der Waals surface area contributed by atoms with E-state index in [0.717, 1.165) is 12.2 Å². The summed E-state index contributed by atoms with van der Waals surface area (Å²) in [5.41, 5.74) is 2.45. The van der Waals surface area contributed by atoms with Gasteiger partial charge in [0.25, 0.3) is 0 Å². The van der Waals surface area contributed by atoms with Gasteiger partial charge in [-0.3, -0.25) is 0 Å². The highest BCUT2D eigenvalue weighted by Crippen LogP contribution is 2.08. The molecule has 0 aliphatic carbocycles. The smallest absolute Gasteiger partial charge is 0.303 e. The van der Waals surface area contributed by atoms with Crippen LogP contribution < -0.4 is 0 Å². The lowest BCUT2D eigenvalue weighted by Crippen LogP contribution is -1.92. The Morgan fingerprint density at radius 2 is 2.07 bits per heavy atom. The van der Waals surface area contributed by atoms with E-state index in [1.54, 1.807) is 0 Å². The fourth-order valence-electron chi connectivity index (χ4n) is 1.41. The Balaban J connectivity index is 0.000000337. The number of pyridine rings is 1. The van der Waals surface area contributed by atoms with E-state index in [1.807, 2.05) is 6.20 Å². The number of nitrogens with zero attached hydrogens (tertiary/aromatic N) is 2.